The van der Waals surface area contributed by atoms with Crippen LogP contribution in [-0.4, -0.2) is 42.9 Å². The van der Waals surface area contributed by atoms with Crippen molar-refractivity contribution in [3.8, 4) is 0 Å². The molecule has 2 aromatic carbocycles. The Hall–Kier alpha value is -2.73. The van der Waals surface area contributed by atoms with Gasteiger partial charge in [0.1, 0.15) is 0 Å². The average molecular weight is 394 g/mol. The number of amides is 2. The van der Waals surface area contributed by atoms with Crippen LogP contribution < -0.4 is 10.2 Å². The molecule has 5 nitrogen and oxygen atoms in total. The number of rotatable bonds is 2. The Labute approximate surface area is 169 Å². The molecule has 1 fully saturated rings. The van der Waals surface area contributed by atoms with Gasteiger partial charge < -0.3 is 15.1 Å². The molecule has 1 saturated heterocycles. The van der Waals surface area contributed by atoms with Crippen molar-refractivity contribution in [2.45, 2.75) is 18.7 Å². The van der Waals surface area contributed by atoms with Crippen molar-refractivity contribution in [1.29, 1.82) is 0 Å². The second-order valence-corrected chi connectivity index (χ2v) is 8.25. The minimum absolute atomic E-state index is 0.0994. The van der Waals surface area contributed by atoms with Crippen LogP contribution in [0.2, 0.25) is 0 Å². The predicted octanol–water partition coefficient (Wildman–Crippen LogP) is 3.58. The Morgan fingerprint density at radius 1 is 1.07 bits per heavy atom. The highest BCUT2D eigenvalue weighted by Gasteiger charge is 2.25. The fourth-order valence-corrected chi connectivity index (χ4v) is 4.45. The number of para-hydroxylation sites is 1. The van der Waals surface area contributed by atoms with Crippen LogP contribution in [0.4, 0.5) is 11.4 Å². The van der Waals surface area contributed by atoms with Gasteiger partial charge in [-0.25, -0.2) is 0 Å². The van der Waals surface area contributed by atoms with Crippen LogP contribution in [0.1, 0.15) is 11.1 Å². The van der Waals surface area contributed by atoms with Gasteiger partial charge in [0.05, 0.1) is 10.6 Å². The van der Waals surface area contributed by atoms with E-state index in [4.69, 9.17) is 0 Å². The topological polar surface area (TPSA) is 52.6 Å². The van der Waals surface area contributed by atoms with Crippen LogP contribution in [0.25, 0.3) is 0 Å². The molecule has 0 spiro atoms. The van der Waals surface area contributed by atoms with E-state index in [1.165, 1.54) is 34.7 Å². The zero-order valence-corrected chi connectivity index (χ0v) is 16.9. The third-order valence-corrected chi connectivity index (χ3v) is 6.23. The highest BCUT2D eigenvalue weighted by molar-refractivity contribution is 8.04. The summed E-state index contributed by atoms with van der Waals surface area (Å²) in [4.78, 5) is 30.6. The standard InChI is InChI=1S/C22H23N3O2S/c1-15-7-8-16(2)18(13-15)24-9-11-25(12-10-24)21(26)14-20-22(27)23-17-5-3-4-6-19(17)28-20/h3-8,13-14H,9-12H2,1-2H3,(H,23,27)/b20-14-. The minimum Gasteiger partial charge on any atom is -0.368 e. The quantitative estimate of drug-likeness (QED) is 0.793. The summed E-state index contributed by atoms with van der Waals surface area (Å²) < 4.78 is 0. The van der Waals surface area contributed by atoms with Crippen molar-refractivity contribution in [2.24, 2.45) is 0 Å². The normalized spacial score (nSPS) is 18.1. The molecule has 4 rings (SSSR count). The zero-order valence-electron chi connectivity index (χ0n) is 16.1. The number of hydrogen-bond donors (Lipinski definition) is 1. The van der Waals surface area contributed by atoms with Gasteiger partial charge in [-0.2, -0.15) is 0 Å². The average Bonchev–Trinajstić information content (AvgIpc) is 2.70. The highest BCUT2D eigenvalue weighted by Crippen LogP contribution is 2.37. The number of piperazine rings is 1. The summed E-state index contributed by atoms with van der Waals surface area (Å²) in [7, 11) is 0. The van der Waals surface area contributed by atoms with E-state index < -0.39 is 0 Å². The Kier molecular flexibility index (Phi) is 5.13. The maximum atomic E-state index is 12.7. The molecule has 2 aliphatic heterocycles. The molecular weight excluding hydrogens is 370 g/mol. The highest BCUT2D eigenvalue weighted by atomic mass is 32.2. The third-order valence-electron chi connectivity index (χ3n) is 5.13. The molecule has 0 atom stereocenters. The first kappa shape index (κ1) is 18.6. The lowest BCUT2D eigenvalue weighted by Crippen LogP contribution is -2.48. The van der Waals surface area contributed by atoms with Crippen molar-refractivity contribution in [3.05, 3.63) is 64.6 Å². The fourth-order valence-electron chi connectivity index (χ4n) is 3.53. The minimum atomic E-state index is -0.217. The fraction of sp³-hybridized carbons (Fsp3) is 0.273. The molecule has 2 aromatic rings. The van der Waals surface area contributed by atoms with Gasteiger partial charge in [0.25, 0.3) is 5.91 Å². The Bertz CT molecular complexity index is 962. The van der Waals surface area contributed by atoms with Crippen LogP contribution in [0.5, 0.6) is 0 Å². The summed E-state index contributed by atoms with van der Waals surface area (Å²) >= 11 is 1.35. The molecule has 2 aliphatic rings. The number of nitrogens with one attached hydrogen (secondary N) is 1. The first-order valence-electron chi connectivity index (χ1n) is 9.42. The third kappa shape index (κ3) is 3.78. The maximum absolute atomic E-state index is 12.7. The monoisotopic (exact) mass is 393 g/mol. The van der Waals surface area contributed by atoms with E-state index in [9.17, 15) is 9.59 Å². The lowest BCUT2D eigenvalue weighted by molar-refractivity contribution is -0.126. The largest absolute Gasteiger partial charge is 0.368 e. The van der Waals surface area contributed by atoms with Gasteiger partial charge in [0, 0.05) is 42.8 Å². The van der Waals surface area contributed by atoms with E-state index >= 15 is 0 Å². The SMILES string of the molecule is Cc1ccc(C)c(N2CCN(C(=O)/C=C3\Sc4ccccc4NC3=O)CC2)c1. The Balaban J connectivity index is 1.42. The molecule has 28 heavy (non-hydrogen) atoms. The molecule has 144 valence electrons. The summed E-state index contributed by atoms with van der Waals surface area (Å²) in [5.41, 5.74) is 4.53. The molecule has 0 bridgehead atoms. The second-order valence-electron chi connectivity index (χ2n) is 7.16. The van der Waals surface area contributed by atoms with E-state index in [0.717, 1.165) is 23.7 Å². The maximum Gasteiger partial charge on any atom is 0.262 e. The van der Waals surface area contributed by atoms with E-state index in [-0.39, 0.29) is 11.8 Å². The Morgan fingerprint density at radius 2 is 1.82 bits per heavy atom. The number of thioether (sulfide) groups is 1. The molecule has 0 aliphatic carbocycles. The molecule has 0 saturated carbocycles. The molecular formula is C22H23N3O2S. The Morgan fingerprint density at radius 3 is 2.61 bits per heavy atom. The summed E-state index contributed by atoms with van der Waals surface area (Å²) in [6.07, 6.45) is 1.48. The van der Waals surface area contributed by atoms with Crippen LogP contribution in [0.3, 0.4) is 0 Å². The first-order chi connectivity index (χ1) is 13.5. The predicted molar refractivity (Wildman–Crippen MR) is 114 cm³/mol. The number of fused-ring (bicyclic) bond motifs is 1. The van der Waals surface area contributed by atoms with Gasteiger partial charge in [-0.15, -0.1) is 0 Å². The van der Waals surface area contributed by atoms with Crippen LogP contribution in [0, 0.1) is 13.8 Å². The van der Waals surface area contributed by atoms with Gasteiger partial charge in [0.15, 0.2) is 0 Å². The van der Waals surface area contributed by atoms with Gasteiger partial charge in [-0.05, 0) is 43.2 Å². The number of nitrogens with zero attached hydrogens (tertiary/aromatic N) is 2. The lowest BCUT2D eigenvalue weighted by Gasteiger charge is -2.36. The van der Waals surface area contributed by atoms with Gasteiger partial charge in [-0.1, -0.05) is 36.0 Å². The molecule has 0 unspecified atom stereocenters. The van der Waals surface area contributed by atoms with Crippen LogP contribution in [0.15, 0.2) is 58.3 Å². The second kappa shape index (κ2) is 7.72. The van der Waals surface area contributed by atoms with Gasteiger partial charge in [0.2, 0.25) is 5.91 Å². The van der Waals surface area contributed by atoms with Crippen molar-refractivity contribution in [1.82, 2.24) is 4.90 Å². The summed E-state index contributed by atoms with van der Waals surface area (Å²) in [5.74, 6) is -0.316. The number of benzene rings is 2. The zero-order chi connectivity index (χ0) is 19.7. The number of hydrogen-bond acceptors (Lipinski definition) is 4. The number of anilines is 2. The van der Waals surface area contributed by atoms with E-state index in [1.54, 1.807) is 0 Å². The van der Waals surface area contributed by atoms with E-state index in [1.807, 2.05) is 29.2 Å². The van der Waals surface area contributed by atoms with Crippen molar-refractivity contribution >= 4 is 35.0 Å². The van der Waals surface area contributed by atoms with Crippen molar-refractivity contribution in [3.63, 3.8) is 0 Å². The van der Waals surface area contributed by atoms with Gasteiger partial charge in [-0.3, -0.25) is 9.59 Å². The first-order valence-corrected chi connectivity index (χ1v) is 10.2. The number of carbonyl (C=O) groups is 2. The smallest absolute Gasteiger partial charge is 0.262 e. The molecule has 6 heteroatoms. The molecule has 2 heterocycles. The summed E-state index contributed by atoms with van der Waals surface area (Å²) in [5, 5.41) is 2.85. The lowest BCUT2D eigenvalue weighted by atomic mass is 10.1. The number of aryl methyl sites for hydroxylation is 2. The van der Waals surface area contributed by atoms with Crippen LogP contribution >= 0.6 is 11.8 Å². The molecule has 0 radical (unpaired) electrons. The molecule has 2 amide bonds. The van der Waals surface area contributed by atoms with Crippen LogP contribution in [-0.2, 0) is 9.59 Å². The van der Waals surface area contributed by atoms with Gasteiger partial charge >= 0.3 is 0 Å². The molecule has 1 N–H and O–H groups in total. The van der Waals surface area contributed by atoms with E-state index in [2.05, 4.69) is 42.3 Å². The van der Waals surface area contributed by atoms with E-state index in [0.29, 0.717) is 18.0 Å². The number of carbonyl (C=O) groups excluding carboxylic acids is 2. The van der Waals surface area contributed by atoms with Crippen molar-refractivity contribution < 1.29 is 9.59 Å². The molecule has 0 aromatic heterocycles. The summed E-state index contributed by atoms with van der Waals surface area (Å²) in [6, 6.07) is 14.1. The van der Waals surface area contributed by atoms with Crippen molar-refractivity contribution in [2.75, 3.05) is 36.4 Å². The summed E-state index contributed by atoms with van der Waals surface area (Å²) in [6.45, 7) is 7.11.